The minimum Gasteiger partial charge on any atom is -0.453 e. The molecule has 1 heterocycles. The smallest absolute Gasteiger partial charge is 0.348 e. The van der Waals surface area contributed by atoms with E-state index in [0.29, 0.717) is 17.5 Å². The van der Waals surface area contributed by atoms with Gasteiger partial charge >= 0.3 is 5.97 Å². The maximum Gasteiger partial charge on any atom is 0.348 e. The summed E-state index contributed by atoms with van der Waals surface area (Å²) < 4.78 is 29.1. The van der Waals surface area contributed by atoms with Crippen molar-refractivity contribution in [3.63, 3.8) is 0 Å². The van der Waals surface area contributed by atoms with Crippen LogP contribution in [0.15, 0.2) is 60.7 Å². The number of esters is 1. The molecule has 1 saturated heterocycles. The Balaban J connectivity index is 1.52. The van der Waals surface area contributed by atoms with Crippen molar-refractivity contribution >= 4 is 21.7 Å². The van der Waals surface area contributed by atoms with Crippen molar-refractivity contribution in [2.75, 3.05) is 18.1 Å². The van der Waals surface area contributed by atoms with Crippen LogP contribution in [0, 0.1) is 0 Å². The first-order valence-corrected chi connectivity index (χ1v) is 12.2. The van der Waals surface area contributed by atoms with E-state index in [1.165, 1.54) is 0 Å². The van der Waals surface area contributed by atoms with Crippen LogP contribution < -0.4 is 0 Å². The molecule has 1 atom stereocenters. The average Bonchev–Trinajstić information content (AvgIpc) is 3.55. The van der Waals surface area contributed by atoms with Crippen LogP contribution in [0.25, 0.3) is 0 Å². The Kier molecular flexibility index (Phi) is 5.85. The summed E-state index contributed by atoms with van der Waals surface area (Å²) in [5.74, 6) is -1.37. The van der Waals surface area contributed by atoms with Gasteiger partial charge in [-0.3, -0.25) is 4.79 Å². The quantitative estimate of drug-likeness (QED) is 0.653. The number of nitrogens with zero attached hydrogens (tertiary/aromatic N) is 1. The number of carbonyl (C=O) groups excluding carboxylic acids is 2. The lowest BCUT2D eigenvalue weighted by Gasteiger charge is -2.30. The molecular weight excluding hydrogens is 418 g/mol. The normalized spacial score (nSPS) is 20.2. The zero-order valence-corrected chi connectivity index (χ0v) is 17.8. The van der Waals surface area contributed by atoms with Crippen LogP contribution >= 0.6 is 0 Å². The Bertz CT molecular complexity index is 1010. The SMILES string of the molecule is O=C(COC(=O)C(O)(c1ccccc1)c1ccccc1)N(C1CC1)C1CCS(=O)(=O)C1. The van der Waals surface area contributed by atoms with Crippen LogP contribution in [-0.4, -0.2) is 60.5 Å². The second-order valence-electron chi connectivity index (χ2n) is 8.11. The monoisotopic (exact) mass is 443 g/mol. The zero-order valence-electron chi connectivity index (χ0n) is 17.0. The average molecular weight is 444 g/mol. The molecule has 8 heteroatoms. The summed E-state index contributed by atoms with van der Waals surface area (Å²) in [7, 11) is -3.15. The van der Waals surface area contributed by atoms with E-state index < -0.39 is 33.9 Å². The summed E-state index contributed by atoms with van der Waals surface area (Å²) in [6, 6.07) is 16.5. The highest BCUT2D eigenvalue weighted by Crippen LogP contribution is 2.33. The molecule has 164 valence electrons. The third-order valence-electron chi connectivity index (χ3n) is 5.84. The Morgan fingerprint density at radius 2 is 1.48 bits per heavy atom. The number of carbonyl (C=O) groups is 2. The van der Waals surface area contributed by atoms with Gasteiger partial charge in [0.05, 0.1) is 11.5 Å². The minimum absolute atomic E-state index is 0.00775. The molecule has 7 nitrogen and oxygen atoms in total. The van der Waals surface area contributed by atoms with Crippen LogP contribution in [-0.2, 0) is 29.8 Å². The van der Waals surface area contributed by atoms with Crippen molar-refractivity contribution in [2.24, 2.45) is 0 Å². The van der Waals surface area contributed by atoms with Crippen LogP contribution in [0.2, 0.25) is 0 Å². The number of rotatable bonds is 7. The number of aliphatic hydroxyl groups is 1. The number of hydrogen-bond acceptors (Lipinski definition) is 6. The van der Waals surface area contributed by atoms with E-state index in [1.807, 2.05) is 0 Å². The van der Waals surface area contributed by atoms with Gasteiger partial charge in [-0.25, -0.2) is 13.2 Å². The largest absolute Gasteiger partial charge is 0.453 e. The first kappa shape index (κ1) is 21.5. The molecule has 31 heavy (non-hydrogen) atoms. The number of hydrogen-bond donors (Lipinski definition) is 1. The summed E-state index contributed by atoms with van der Waals surface area (Å²) in [5.41, 5.74) is -1.40. The molecule has 0 aromatic heterocycles. The molecule has 2 fully saturated rings. The molecule has 1 saturated carbocycles. The molecule has 0 bridgehead atoms. The third kappa shape index (κ3) is 4.50. The standard InChI is InChI=1S/C23H25NO6S/c25-21(24(19-11-12-19)20-13-14-31(28,29)16-20)15-30-22(26)23(27,17-7-3-1-4-8-17)18-9-5-2-6-10-18/h1-10,19-20,27H,11-16H2. The van der Waals surface area contributed by atoms with Crippen molar-refractivity contribution < 1.29 is 27.9 Å². The van der Waals surface area contributed by atoms with Crippen molar-refractivity contribution in [3.8, 4) is 0 Å². The fourth-order valence-electron chi connectivity index (χ4n) is 4.12. The molecular formula is C23H25NO6S. The lowest BCUT2D eigenvalue weighted by atomic mass is 9.86. The number of sulfone groups is 1. The molecule has 2 aliphatic rings. The Morgan fingerprint density at radius 1 is 0.935 bits per heavy atom. The lowest BCUT2D eigenvalue weighted by molar-refractivity contribution is -0.167. The predicted molar refractivity (Wildman–Crippen MR) is 114 cm³/mol. The molecule has 0 radical (unpaired) electrons. The second-order valence-corrected chi connectivity index (χ2v) is 10.3. The highest BCUT2D eigenvalue weighted by atomic mass is 32.2. The number of benzene rings is 2. The van der Waals surface area contributed by atoms with E-state index in [9.17, 15) is 23.1 Å². The van der Waals surface area contributed by atoms with Crippen molar-refractivity contribution in [1.29, 1.82) is 0 Å². The van der Waals surface area contributed by atoms with Crippen molar-refractivity contribution in [2.45, 2.75) is 36.9 Å². The molecule has 4 rings (SSSR count). The van der Waals surface area contributed by atoms with E-state index in [-0.39, 0.29) is 23.6 Å². The van der Waals surface area contributed by atoms with E-state index in [0.717, 1.165) is 12.8 Å². The first-order chi connectivity index (χ1) is 14.8. The summed E-state index contributed by atoms with van der Waals surface area (Å²) in [6.45, 7) is -0.548. The fraction of sp³-hybridized carbons (Fsp3) is 0.391. The molecule has 1 N–H and O–H groups in total. The third-order valence-corrected chi connectivity index (χ3v) is 7.59. The maximum atomic E-state index is 13.1. The summed E-state index contributed by atoms with van der Waals surface area (Å²) in [4.78, 5) is 27.5. The van der Waals surface area contributed by atoms with Gasteiger partial charge in [-0.05, 0) is 30.4 Å². The van der Waals surface area contributed by atoms with Gasteiger partial charge in [0, 0.05) is 12.1 Å². The summed E-state index contributed by atoms with van der Waals surface area (Å²) in [5, 5.41) is 11.4. The Labute approximate surface area is 181 Å². The Morgan fingerprint density at radius 3 is 1.94 bits per heavy atom. The van der Waals surface area contributed by atoms with Crippen LogP contribution in [0.1, 0.15) is 30.4 Å². The van der Waals surface area contributed by atoms with E-state index in [2.05, 4.69) is 0 Å². The minimum atomic E-state index is -3.15. The van der Waals surface area contributed by atoms with Gasteiger partial charge in [-0.2, -0.15) is 0 Å². The van der Waals surface area contributed by atoms with Gasteiger partial charge in [0.1, 0.15) is 0 Å². The van der Waals surface area contributed by atoms with Gasteiger partial charge < -0.3 is 14.7 Å². The van der Waals surface area contributed by atoms with Gasteiger partial charge in [0.25, 0.3) is 5.91 Å². The van der Waals surface area contributed by atoms with Gasteiger partial charge in [-0.1, -0.05) is 60.7 Å². The lowest BCUT2D eigenvalue weighted by Crippen LogP contribution is -2.46. The van der Waals surface area contributed by atoms with E-state index >= 15 is 0 Å². The summed E-state index contributed by atoms with van der Waals surface area (Å²) >= 11 is 0. The Hall–Kier alpha value is -2.71. The molecule has 1 unspecified atom stereocenters. The van der Waals surface area contributed by atoms with Crippen LogP contribution in [0.3, 0.4) is 0 Å². The highest BCUT2D eigenvalue weighted by Gasteiger charge is 2.44. The molecule has 2 aromatic carbocycles. The van der Waals surface area contributed by atoms with Crippen molar-refractivity contribution in [1.82, 2.24) is 4.90 Å². The predicted octanol–water partition coefficient (Wildman–Crippen LogP) is 1.64. The van der Waals surface area contributed by atoms with E-state index in [1.54, 1.807) is 65.6 Å². The highest BCUT2D eigenvalue weighted by molar-refractivity contribution is 7.91. The first-order valence-electron chi connectivity index (χ1n) is 10.3. The van der Waals surface area contributed by atoms with Gasteiger partial charge in [0.2, 0.25) is 5.60 Å². The number of ether oxygens (including phenoxy) is 1. The van der Waals surface area contributed by atoms with Gasteiger partial charge in [0.15, 0.2) is 16.4 Å². The molecule has 1 aliphatic heterocycles. The zero-order chi connectivity index (χ0) is 22.1. The molecule has 2 aromatic rings. The topological polar surface area (TPSA) is 101 Å². The maximum absolute atomic E-state index is 13.1. The molecule has 1 amide bonds. The van der Waals surface area contributed by atoms with Gasteiger partial charge in [-0.15, -0.1) is 0 Å². The second kappa shape index (κ2) is 8.43. The van der Waals surface area contributed by atoms with E-state index in [4.69, 9.17) is 4.74 Å². The molecule has 0 spiro atoms. The van der Waals surface area contributed by atoms with Crippen molar-refractivity contribution in [3.05, 3.63) is 71.8 Å². The fourth-order valence-corrected chi connectivity index (χ4v) is 5.83. The van der Waals surface area contributed by atoms with Crippen LogP contribution in [0.5, 0.6) is 0 Å². The molecule has 1 aliphatic carbocycles. The van der Waals surface area contributed by atoms with Crippen LogP contribution in [0.4, 0.5) is 0 Å². The number of amides is 1. The summed E-state index contributed by atoms with van der Waals surface area (Å²) in [6.07, 6.45) is 2.03.